The monoisotopic (exact) mass is 327 g/mol. The molecule has 2 rings (SSSR count). The Hall–Kier alpha value is -1.72. The smallest absolute Gasteiger partial charge is 0.495 e. The van der Waals surface area contributed by atoms with Crippen molar-refractivity contribution in [3.8, 4) is 11.8 Å². The molecule has 0 saturated carbocycles. The summed E-state index contributed by atoms with van der Waals surface area (Å²) in [5.41, 5.74) is -2.40. The Morgan fingerprint density at radius 3 is 2.04 bits per heavy atom. The van der Waals surface area contributed by atoms with Crippen LogP contribution in [0.1, 0.15) is 38.8 Å². The molecule has 0 aromatic heterocycles. The summed E-state index contributed by atoms with van der Waals surface area (Å²) in [5.74, 6) is -0.160. The van der Waals surface area contributed by atoms with Gasteiger partial charge in [0.25, 0.3) is 0 Å². The zero-order valence-corrected chi connectivity index (χ0v) is 13.5. The van der Waals surface area contributed by atoms with Crippen molar-refractivity contribution in [2.45, 2.75) is 45.1 Å². The molecule has 1 fully saturated rings. The number of hydrogen-bond acceptors (Lipinski definition) is 4. The number of ether oxygens (including phenoxy) is 1. The summed E-state index contributed by atoms with van der Waals surface area (Å²) in [6, 6.07) is 3.55. The molecule has 1 saturated heterocycles. The van der Waals surface area contributed by atoms with Crippen LogP contribution < -0.4 is 10.2 Å². The molecule has 8 heteroatoms. The van der Waals surface area contributed by atoms with Gasteiger partial charge in [0.1, 0.15) is 11.8 Å². The zero-order valence-electron chi connectivity index (χ0n) is 13.5. The van der Waals surface area contributed by atoms with Crippen molar-refractivity contribution in [3.05, 3.63) is 23.3 Å². The summed E-state index contributed by atoms with van der Waals surface area (Å²) in [4.78, 5) is 0. The van der Waals surface area contributed by atoms with Crippen LogP contribution in [-0.2, 0) is 15.5 Å². The maximum Gasteiger partial charge on any atom is 0.496 e. The van der Waals surface area contributed by atoms with Gasteiger partial charge in [-0.25, -0.2) is 0 Å². The Kier molecular flexibility index (Phi) is 4.16. The third kappa shape index (κ3) is 3.03. The average molecular weight is 327 g/mol. The van der Waals surface area contributed by atoms with E-state index >= 15 is 0 Å². The summed E-state index contributed by atoms with van der Waals surface area (Å²) in [6.45, 7) is 7.13. The minimum Gasteiger partial charge on any atom is -0.495 e. The highest BCUT2D eigenvalue weighted by molar-refractivity contribution is 6.63. The van der Waals surface area contributed by atoms with E-state index in [1.165, 1.54) is 7.11 Å². The van der Waals surface area contributed by atoms with Gasteiger partial charge < -0.3 is 14.0 Å². The Morgan fingerprint density at radius 1 is 1.13 bits per heavy atom. The molecule has 1 heterocycles. The van der Waals surface area contributed by atoms with Gasteiger partial charge in [0, 0.05) is 5.46 Å². The van der Waals surface area contributed by atoms with Crippen LogP contribution in [0.25, 0.3) is 0 Å². The second-order valence-corrected chi connectivity index (χ2v) is 6.34. The predicted octanol–water partition coefficient (Wildman–Crippen LogP) is 2.88. The predicted molar refractivity (Wildman–Crippen MR) is 78.4 cm³/mol. The van der Waals surface area contributed by atoms with Gasteiger partial charge in [-0.3, -0.25) is 0 Å². The molecule has 0 bridgehead atoms. The van der Waals surface area contributed by atoms with Crippen LogP contribution in [0.5, 0.6) is 5.75 Å². The first kappa shape index (κ1) is 17.6. The van der Waals surface area contributed by atoms with E-state index in [9.17, 15) is 18.4 Å². The highest BCUT2D eigenvalue weighted by Gasteiger charge is 2.53. The molecule has 1 aromatic rings. The van der Waals surface area contributed by atoms with Crippen molar-refractivity contribution < 1.29 is 27.2 Å². The van der Waals surface area contributed by atoms with Crippen molar-refractivity contribution in [2.24, 2.45) is 0 Å². The fourth-order valence-corrected chi connectivity index (χ4v) is 2.24. The number of benzene rings is 1. The van der Waals surface area contributed by atoms with Crippen molar-refractivity contribution >= 4 is 12.6 Å². The van der Waals surface area contributed by atoms with E-state index in [2.05, 4.69) is 0 Å². The van der Waals surface area contributed by atoms with Crippen molar-refractivity contribution in [1.29, 1.82) is 5.26 Å². The van der Waals surface area contributed by atoms with Crippen LogP contribution in [0.15, 0.2) is 12.1 Å². The molecule has 23 heavy (non-hydrogen) atoms. The van der Waals surface area contributed by atoms with Gasteiger partial charge in [-0.05, 0) is 39.8 Å². The molecule has 0 N–H and O–H groups in total. The average Bonchev–Trinajstić information content (AvgIpc) is 2.64. The molecule has 0 aliphatic carbocycles. The molecule has 0 amide bonds. The summed E-state index contributed by atoms with van der Waals surface area (Å²) >= 11 is 0. The highest BCUT2D eigenvalue weighted by Crippen LogP contribution is 2.38. The first-order valence-corrected chi connectivity index (χ1v) is 6.98. The van der Waals surface area contributed by atoms with Crippen LogP contribution >= 0.6 is 0 Å². The second kappa shape index (κ2) is 5.43. The molecule has 0 atom stereocenters. The van der Waals surface area contributed by atoms with E-state index in [1.54, 1.807) is 27.7 Å². The molecule has 0 radical (unpaired) electrons. The topological polar surface area (TPSA) is 51.5 Å². The van der Waals surface area contributed by atoms with Gasteiger partial charge in [-0.1, -0.05) is 0 Å². The summed E-state index contributed by atoms with van der Waals surface area (Å²) < 4.78 is 55.7. The Morgan fingerprint density at radius 2 is 1.65 bits per heavy atom. The first-order valence-electron chi connectivity index (χ1n) is 6.98. The highest BCUT2D eigenvalue weighted by atomic mass is 19.4. The molecular weight excluding hydrogens is 310 g/mol. The number of hydrogen-bond donors (Lipinski definition) is 0. The third-order valence-electron chi connectivity index (χ3n) is 4.30. The van der Waals surface area contributed by atoms with Crippen LogP contribution in [0.4, 0.5) is 13.2 Å². The lowest BCUT2D eigenvalue weighted by Gasteiger charge is -2.32. The Labute approximate surface area is 133 Å². The lowest BCUT2D eigenvalue weighted by Crippen LogP contribution is -2.41. The Bertz CT molecular complexity index is 649. The number of rotatable bonds is 2. The molecule has 1 aliphatic rings. The van der Waals surface area contributed by atoms with E-state index in [4.69, 9.17) is 14.0 Å². The first-order chi connectivity index (χ1) is 10.4. The van der Waals surface area contributed by atoms with Crippen molar-refractivity contribution in [1.82, 2.24) is 0 Å². The molecular formula is C15H17BF3NO3. The number of halogens is 3. The maximum atomic E-state index is 13.1. The fourth-order valence-electron chi connectivity index (χ4n) is 2.24. The van der Waals surface area contributed by atoms with E-state index in [-0.39, 0.29) is 16.8 Å². The van der Waals surface area contributed by atoms with Crippen LogP contribution in [0.2, 0.25) is 0 Å². The van der Waals surface area contributed by atoms with Gasteiger partial charge in [0.2, 0.25) is 0 Å². The number of alkyl halides is 3. The van der Waals surface area contributed by atoms with Crippen molar-refractivity contribution in [2.75, 3.05) is 7.11 Å². The van der Waals surface area contributed by atoms with Gasteiger partial charge in [-0.2, -0.15) is 18.4 Å². The van der Waals surface area contributed by atoms with Gasteiger partial charge >= 0.3 is 13.3 Å². The molecule has 1 aliphatic heterocycles. The SMILES string of the molecule is COc1cc(C(F)(F)F)cc(B2OC(C)(C)C(C)(C)O2)c1C#N. The minimum absolute atomic E-state index is 0.0119. The summed E-state index contributed by atoms with van der Waals surface area (Å²) in [7, 11) is 0.135. The van der Waals surface area contributed by atoms with E-state index in [1.807, 2.05) is 6.07 Å². The molecule has 0 spiro atoms. The molecule has 4 nitrogen and oxygen atoms in total. The summed E-state index contributed by atoms with van der Waals surface area (Å²) in [6.07, 6.45) is -4.57. The zero-order chi connectivity index (χ0) is 17.6. The molecule has 124 valence electrons. The molecule has 0 unspecified atom stereocenters. The minimum atomic E-state index is -4.57. The number of nitriles is 1. The van der Waals surface area contributed by atoms with E-state index in [0.717, 1.165) is 12.1 Å². The Balaban J connectivity index is 2.60. The number of nitrogens with zero attached hydrogens (tertiary/aromatic N) is 1. The maximum absolute atomic E-state index is 13.1. The largest absolute Gasteiger partial charge is 0.496 e. The van der Waals surface area contributed by atoms with Gasteiger partial charge in [0.15, 0.2) is 0 Å². The third-order valence-corrected chi connectivity index (χ3v) is 4.30. The van der Waals surface area contributed by atoms with Crippen LogP contribution in [0.3, 0.4) is 0 Å². The lowest BCUT2D eigenvalue weighted by molar-refractivity contribution is -0.137. The normalized spacial score (nSPS) is 19.5. The summed E-state index contributed by atoms with van der Waals surface area (Å²) in [5, 5.41) is 9.32. The van der Waals surface area contributed by atoms with Crippen LogP contribution in [0, 0.1) is 11.3 Å². The van der Waals surface area contributed by atoms with E-state index in [0.29, 0.717) is 0 Å². The lowest BCUT2D eigenvalue weighted by atomic mass is 9.75. The standard InChI is InChI=1S/C15H17BF3NO3/c1-13(2)14(3,4)23-16(22-13)11-6-9(15(17,18)19)7-12(21-5)10(11)8-20/h6-7H,1-5H3. The second-order valence-electron chi connectivity index (χ2n) is 6.34. The quantitative estimate of drug-likeness (QED) is 0.784. The molecule has 1 aromatic carbocycles. The fraction of sp³-hybridized carbons (Fsp3) is 0.533. The number of methoxy groups -OCH3 is 1. The van der Waals surface area contributed by atoms with Gasteiger partial charge in [0.05, 0.1) is 29.4 Å². The van der Waals surface area contributed by atoms with Crippen LogP contribution in [-0.4, -0.2) is 25.4 Å². The van der Waals surface area contributed by atoms with Gasteiger partial charge in [-0.15, -0.1) is 0 Å². The van der Waals surface area contributed by atoms with E-state index < -0.39 is 30.1 Å². The van der Waals surface area contributed by atoms with Crippen molar-refractivity contribution in [3.63, 3.8) is 0 Å².